The summed E-state index contributed by atoms with van der Waals surface area (Å²) in [6, 6.07) is 10.3. The van der Waals surface area contributed by atoms with E-state index < -0.39 is 10.7 Å². The van der Waals surface area contributed by atoms with Gasteiger partial charge in [-0.1, -0.05) is 44.2 Å². The van der Waals surface area contributed by atoms with Gasteiger partial charge in [-0.15, -0.1) is 11.8 Å². The molecule has 0 bridgehead atoms. The van der Waals surface area contributed by atoms with Gasteiger partial charge in [-0.05, 0) is 37.0 Å². The van der Waals surface area contributed by atoms with E-state index in [1.807, 2.05) is 32.0 Å². The SMILES string of the molecule is CCC(CC)(SCCCc1ccccc1)C(=O)O. The van der Waals surface area contributed by atoms with Gasteiger partial charge in [0.15, 0.2) is 0 Å². The smallest absolute Gasteiger partial charge is 0.319 e. The maximum Gasteiger partial charge on any atom is 0.319 e. The van der Waals surface area contributed by atoms with Crippen LogP contribution in [-0.4, -0.2) is 21.6 Å². The molecule has 100 valence electrons. The van der Waals surface area contributed by atoms with Crippen molar-refractivity contribution in [3.8, 4) is 0 Å². The van der Waals surface area contributed by atoms with Crippen molar-refractivity contribution in [3.63, 3.8) is 0 Å². The number of hydrogen-bond donors (Lipinski definition) is 1. The molecule has 1 rings (SSSR count). The lowest BCUT2D eigenvalue weighted by molar-refractivity contribution is -0.140. The minimum absolute atomic E-state index is 0.587. The molecule has 1 aromatic rings. The molecule has 0 spiro atoms. The summed E-state index contributed by atoms with van der Waals surface area (Å²) in [6.45, 7) is 3.92. The lowest BCUT2D eigenvalue weighted by Crippen LogP contribution is -2.34. The molecule has 0 saturated heterocycles. The van der Waals surface area contributed by atoms with Gasteiger partial charge in [0.05, 0.1) is 0 Å². The predicted molar refractivity (Wildman–Crippen MR) is 78.2 cm³/mol. The van der Waals surface area contributed by atoms with Crippen LogP contribution in [0.2, 0.25) is 0 Å². The van der Waals surface area contributed by atoms with Crippen LogP contribution >= 0.6 is 11.8 Å². The van der Waals surface area contributed by atoms with E-state index in [4.69, 9.17) is 0 Å². The zero-order chi connectivity index (χ0) is 13.4. The number of rotatable bonds is 8. The molecule has 0 aliphatic rings. The Balaban J connectivity index is 2.38. The van der Waals surface area contributed by atoms with Crippen LogP contribution in [0.3, 0.4) is 0 Å². The van der Waals surface area contributed by atoms with Gasteiger partial charge in [0.25, 0.3) is 0 Å². The first-order chi connectivity index (χ1) is 8.64. The van der Waals surface area contributed by atoms with Gasteiger partial charge in [0.1, 0.15) is 4.75 Å². The molecule has 0 unspecified atom stereocenters. The lowest BCUT2D eigenvalue weighted by Gasteiger charge is -2.25. The van der Waals surface area contributed by atoms with E-state index in [1.54, 1.807) is 11.8 Å². The number of hydrogen-bond acceptors (Lipinski definition) is 2. The molecule has 0 amide bonds. The second-order valence-corrected chi connectivity index (χ2v) is 5.92. The summed E-state index contributed by atoms with van der Waals surface area (Å²) in [5.74, 6) is 0.236. The first-order valence-corrected chi connectivity index (χ1v) is 7.54. The van der Waals surface area contributed by atoms with Crippen molar-refractivity contribution in [2.75, 3.05) is 5.75 Å². The normalized spacial score (nSPS) is 11.4. The highest BCUT2D eigenvalue weighted by molar-refractivity contribution is 8.01. The van der Waals surface area contributed by atoms with Crippen LogP contribution in [0.15, 0.2) is 30.3 Å². The zero-order valence-electron chi connectivity index (χ0n) is 11.2. The van der Waals surface area contributed by atoms with Crippen molar-refractivity contribution in [2.24, 2.45) is 0 Å². The second-order valence-electron chi connectivity index (χ2n) is 4.44. The Morgan fingerprint density at radius 1 is 1.22 bits per heavy atom. The number of aryl methyl sites for hydroxylation is 1. The van der Waals surface area contributed by atoms with Crippen molar-refractivity contribution in [2.45, 2.75) is 44.3 Å². The monoisotopic (exact) mass is 266 g/mol. The zero-order valence-corrected chi connectivity index (χ0v) is 12.0. The van der Waals surface area contributed by atoms with Gasteiger partial charge in [-0.3, -0.25) is 4.79 Å². The van der Waals surface area contributed by atoms with Crippen LogP contribution in [0.5, 0.6) is 0 Å². The first kappa shape index (κ1) is 15.1. The maximum absolute atomic E-state index is 11.3. The average molecular weight is 266 g/mol. The summed E-state index contributed by atoms with van der Waals surface area (Å²) >= 11 is 1.60. The van der Waals surface area contributed by atoms with E-state index in [0.29, 0.717) is 12.8 Å². The van der Waals surface area contributed by atoms with Crippen molar-refractivity contribution in [1.82, 2.24) is 0 Å². The molecule has 0 heterocycles. The second kappa shape index (κ2) is 7.47. The summed E-state index contributed by atoms with van der Waals surface area (Å²) in [6.07, 6.45) is 3.43. The van der Waals surface area contributed by atoms with E-state index in [1.165, 1.54) is 5.56 Å². The molecule has 3 heteroatoms. The fourth-order valence-corrected chi connectivity index (χ4v) is 3.22. The molecule has 2 nitrogen and oxygen atoms in total. The Morgan fingerprint density at radius 2 is 1.83 bits per heavy atom. The Bertz CT molecular complexity index is 358. The first-order valence-electron chi connectivity index (χ1n) is 6.56. The topological polar surface area (TPSA) is 37.3 Å². The number of carboxylic acid groups (broad SMARTS) is 1. The molecular formula is C15H22O2S. The number of carboxylic acids is 1. The van der Waals surface area contributed by atoms with Crippen molar-refractivity contribution >= 4 is 17.7 Å². The number of carbonyl (C=O) groups is 1. The highest BCUT2D eigenvalue weighted by Gasteiger charge is 2.34. The standard InChI is InChI=1S/C15H22O2S/c1-3-15(4-2,14(16)17)18-12-8-11-13-9-6-5-7-10-13/h5-7,9-10H,3-4,8,11-12H2,1-2H3,(H,16,17). The summed E-state index contributed by atoms with van der Waals surface area (Å²) in [5, 5.41) is 9.32. The highest BCUT2D eigenvalue weighted by atomic mass is 32.2. The van der Waals surface area contributed by atoms with E-state index in [9.17, 15) is 9.90 Å². The molecule has 1 N–H and O–H groups in total. The fourth-order valence-electron chi connectivity index (χ4n) is 2.01. The molecule has 0 saturated carbocycles. The Morgan fingerprint density at radius 3 is 2.33 bits per heavy atom. The van der Waals surface area contributed by atoms with E-state index in [0.717, 1.165) is 18.6 Å². The maximum atomic E-state index is 11.3. The Labute approximate surface area is 114 Å². The van der Waals surface area contributed by atoms with Gasteiger partial charge in [-0.25, -0.2) is 0 Å². The van der Waals surface area contributed by atoms with Crippen LogP contribution in [0.1, 0.15) is 38.7 Å². The minimum atomic E-state index is -0.669. The van der Waals surface area contributed by atoms with Crippen molar-refractivity contribution < 1.29 is 9.90 Å². The van der Waals surface area contributed by atoms with Gasteiger partial charge in [0, 0.05) is 0 Å². The van der Waals surface area contributed by atoms with Gasteiger partial charge in [0.2, 0.25) is 0 Å². The fraction of sp³-hybridized carbons (Fsp3) is 0.533. The Kier molecular flexibility index (Phi) is 6.27. The van der Waals surface area contributed by atoms with Crippen molar-refractivity contribution in [3.05, 3.63) is 35.9 Å². The van der Waals surface area contributed by atoms with Crippen LogP contribution in [0, 0.1) is 0 Å². The van der Waals surface area contributed by atoms with Crippen LogP contribution in [0.4, 0.5) is 0 Å². The quantitative estimate of drug-likeness (QED) is 0.723. The van der Waals surface area contributed by atoms with Crippen LogP contribution in [-0.2, 0) is 11.2 Å². The van der Waals surface area contributed by atoms with E-state index in [2.05, 4.69) is 12.1 Å². The Hall–Kier alpha value is -0.960. The molecule has 0 fully saturated rings. The third-order valence-corrected chi connectivity index (χ3v) is 5.16. The molecule has 18 heavy (non-hydrogen) atoms. The third-order valence-electron chi connectivity index (χ3n) is 3.36. The summed E-state index contributed by atoms with van der Waals surface area (Å²) in [4.78, 5) is 11.3. The third kappa shape index (κ3) is 4.05. The van der Waals surface area contributed by atoms with E-state index in [-0.39, 0.29) is 0 Å². The number of benzene rings is 1. The predicted octanol–water partition coefficient (Wildman–Crippen LogP) is 4.00. The lowest BCUT2D eigenvalue weighted by atomic mass is 10.0. The largest absolute Gasteiger partial charge is 0.480 e. The summed E-state index contributed by atoms with van der Waals surface area (Å²) in [7, 11) is 0. The van der Waals surface area contributed by atoms with Gasteiger partial charge in [-0.2, -0.15) is 0 Å². The van der Waals surface area contributed by atoms with Crippen LogP contribution in [0.25, 0.3) is 0 Å². The molecule has 1 aromatic carbocycles. The average Bonchev–Trinajstić information content (AvgIpc) is 2.40. The number of thioether (sulfide) groups is 1. The van der Waals surface area contributed by atoms with Gasteiger partial charge < -0.3 is 5.11 Å². The summed E-state index contributed by atoms with van der Waals surface area (Å²) < 4.78 is -0.587. The molecule has 0 aliphatic carbocycles. The van der Waals surface area contributed by atoms with Gasteiger partial charge >= 0.3 is 5.97 Å². The summed E-state index contributed by atoms with van der Waals surface area (Å²) in [5.41, 5.74) is 1.33. The molecule has 0 aliphatic heterocycles. The minimum Gasteiger partial charge on any atom is -0.480 e. The highest BCUT2D eigenvalue weighted by Crippen LogP contribution is 2.33. The molecule has 0 aromatic heterocycles. The van der Waals surface area contributed by atoms with E-state index >= 15 is 0 Å². The van der Waals surface area contributed by atoms with Crippen molar-refractivity contribution in [1.29, 1.82) is 0 Å². The number of aliphatic carboxylic acids is 1. The molecular weight excluding hydrogens is 244 g/mol. The molecule has 0 radical (unpaired) electrons. The molecule has 0 atom stereocenters. The van der Waals surface area contributed by atoms with Crippen LogP contribution < -0.4 is 0 Å².